The van der Waals surface area contributed by atoms with Crippen molar-refractivity contribution < 1.29 is 67.5 Å². The molecule has 1 aliphatic heterocycles. The van der Waals surface area contributed by atoms with Gasteiger partial charge in [0.15, 0.2) is 5.11 Å². The van der Waals surface area contributed by atoms with E-state index in [1.165, 1.54) is 23.6 Å². The molecule has 2 unspecified atom stereocenters. The number of carboxylic acids is 1. The minimum atomic E-state index is -1.32. The highest BCUT2D eigenvalue weighted by Gasteiger charge is 2.26. The standard InChI is InChI=1S/C76H107N23O14S/c1-54-9-7-10-61(88-54)47-97-35-33-95(2)34-36-98(48-62-11-8-13-63(89-62)74(109)110)40-38-96(37-39-97)45-55-15-19-57(20-16-55)90-76(114)91-58-21-17-56(18-22-58)46-99(49-72(107)92-64(75(111)113-77)12-3-5-29-80-70(105)43-84-68(103)25-23-66(101)82-31-27-59-41-78-51-86-59)50-73(108)93-65(94-112-53-100)14-4-6-30-81-71(106)44-85-69(104)26-24-67(102)83-32-28-60-42-79-52-87-60/h7-11,13,15-22,41-42,51-53,64-65,94H,3-6,12,14,23-40,43-50,77H2,1-2H3,(H,78,86)(H,79,87)(H,80,105)(H,81,106)(H,82,101)(H,83,102)(H,84,103)(H,85,104)(H,92,107)(H,93,108)(H,109,110)(H2,90,91,114)/p-1. The lowest BCUT2D eigenvalue weighted by molar-refractivity contribution is -0.255. The number of likely N-dealkylation sites (N-methyl/N-ethyl adjacent to an activating group) is 1. The van der Waals surface area contributed by atoms with E-state index in [9.17, 15) is 57.8 Å². The van der Waals surface area contributed by atoms with Crippen LogP contribution in [0.5, 0.6) is 0 Å². The summed E-state index contributed by atoms with van der Waals surface area (Å²) < 4.78 is 0. The number of carbonyl (C=O) groups is 11. The highest BCUT2D eigenvalue weighted by molar-refractivity contribution is 7.80. The monoisotopic (exact) mass is 1600 g/mol. The largest absolute Gasteiger partial charge is 0.543 e. The van der Waals surface area contributed by atoms with Crippen LogP contribution in [0.25, 0.3) is 0 Å². The van der Waals surface area contributed by atoms with Gasteiger partial charge in [0, 0.05) is 173 Å². The smallest absolute Gasteiger partial charge is 0.347 e. The number of imidazole rings is 2. The zero-order chi connectivity index (χ0) is 81.7. The molecule has 1 saturated heterocycles. The van der Waals surface area contributed by atoms with Crippen LogP contribution in [0, 0.1) is 6.92 Å². The SMILES string of the molecule is Cc1cccc(CN2CCN(C)CCN(Cc3cccc(C(=O)[O-])n3)CCN(Cc3ccc(NC(=S)Nc4ccc(CN(CC(=O)NC(CCCCNC(=O)CNC(=O)CCC(=O)NCCc5c[nH]cn5)NOC=O)CC(=O)NC(CCCCNC(=O)CNC(=O)CCC(=O)NCCc5c[nH]cn5)C(=O)ON)cc4)cc3)CC2)n1. The third-order valence-electron chi connectivity index (χ3n) is 18.1. The Bertz CT molecular complexity index is 4010. The molecule has 7 rings (SSSR count). The molecule has 8 amide bonds. The van der Waals surface area contributed by atoms with Crippen molar-refractivity contribution in [2.75, 3.05) is 122 Å². The molecular weight excluding hydrogens is 1490 g/mol. The molecule has 2 atom stereocenters. The Kier molecular flexibility index (Phi) is 40.0. The lowest BCUT2D eigenvalue weighted by Gasteiger charge is -2.33. The van der Waals surface area contributed by atoms with Gasteiger partial charge in [0.05, 0.1) is 73.3 Å². The Balaban J connectivity index is 0.921. The van der Waals surface area contributed by atoms with E-state index in [4.69, 9.17) is 27.9 Å². The first-order valence-electron chi connectivity index (χ1n) is 38.0. The Hall–Kier alpha value is -11.3. The van der Waals surface area contributed by atoms with Crippen molar-refractivity contribution in [1.82, 2.24) is 102 Å². The Morgan fingerprint density at radius 2 is 1.03 bits per heavy atom. The number of thiocarbonyl (C=S) groups is 1. The first kappa shape index (κ1) is 89.9. The molecule has 616 valence electrons. The quantitative estimate of drug-likeness (QED) is 0.00721. The summed E-state index contributed by atoms with van der Waals surface area (Å²) in [6.45, 7) is 9.81. The molecule has 4 aromatic heterocycles. The van der Waals surface area contributed by atoms with Gasteiger partial charge < -0.3 is 87.6 Å². The van der Waals surface area contributed by atoms with E-state index in [0.717, 1.165) is 79.8 Å². The van der Waals surface area contributed by atoms with Crippen LogP contribution in [-0.2, 0) is 96.6 Å². The fraction of sp³-hybridized carbons (Fsp3) is 0.474. The number of rotatable bonds is 47. The molecule has 15 N–H and O–H groups in total. The molecule has 0 aliphatic carbocycles. The summed E-state index contributed by atoms with van der Waals surface area (Å²) in [5, 5.41) is 39.7. The number of anilines is 2. The van der Waals surface area contributed by atoms with Crippen LogP contribution >= 0.6 is 12.2 Å². The van der Waals surface area contributed by atoms with Gasteiger partial charge in [-0.2, -0.15) is 5.90 Å². The van der Waals surface area contributed by atoms with Gasteiger partial charge in [-0.3, -0.25) is 72.7 Å². The average molecular weight is 1600 g/mol. The predicted molar refractivity (Wildman–Crippen MR) is 422 cm³/mol. The zero-order valence-electron chi connectivity index (χ0n) is 64.5. The number of benzene rings is 2. The van der Waals surface area contributed by atoms with E-state index in [1.807, 2.05) is 37.3 Å². The van der Waals surface area contributed by atoms with Crippen molar-refractivity contribution in [2.45, 2.75) is 122 Å². The summed E-state index contributed by atoms with van der Waals surface area (Å²) in [5.74, 6) is -0.787. The second kappa shape index (κ2) is 50.7. The molecular formula is C76H106N23O14S-. The van der Waals surface area contributed by atoms with Crippen molar-refractivity contribution in [3.63, 3.8) is 0 Å². The van der Waals surface area contributed by atoms with Crippen LogP contribution in [0.4, 0.5) is 11.4 Å². The van der Waals surface area contributed by atoms with Gasteiger partial charge >= 0.3 is 12.4 Å². The third kappa shape index (κ3) is 36.9. The van der Waals surface area contributed by atoms with Gasteiger partial charge in [-0.1, -0.05) is 36.4 Å². The van der Waals surface area contributed by atoms with E-state index in [1.54, 1.807) is 42.7 Å². The molecule has 0 radical (unpaired) electrons. The van der Waals surface area contributed by atoms with E-state index in [-0.39, 0.29) is 95.2 Å². The highest BCUT2D eigenvalue weighted by Crippen LogP contribution is 2.18. The number of carboxylic acid groups (broad SMARTS) is 1. The second-order valence-electron chi connectivity index (χ2n) is 27.4. The van der Waals surface area contributed by atoms with Crippen molar-refractivity contribution >= 4 is 94.4 Å². The van der Waals surface area contributed by atoms with Crippen molar-refractivity contribution in [3.8, 4) is 0 Å². The number of hydroxylamine groups is 1. The molecule has 1 fully saturated rings. The molecule has 114 heavy (non-hydrogen) atoms. The number of amides is 8. The molecule has 1 aliphatic rings. The summed E-state index contributed by atoms with van der Waals surface area (Å²) in [7, 11) is 2.12. The van der Waals surface area contributed by atoms with Gasteiger partial charge in [-0.25, -0.2) is 14.8 Å². The number of H-pyrrole nitrogens is 2. The molecule has 0 bridgehead atoms. The van der Waals surface area contributed by atoms with Gasteiger partial charge in [-0.15, -0.1) is 5.48 Å². The number of pyridine rings is 2. The Morgan fingerprint density at radius 3 is 1.53 bits per heavy atom. The number of hydrogen-bond acceptors (Lipinski definition) is 26. The number of unbranched alkanes of at least 4 members (excludes halogenated alkanes) is 2. The summed E-state index contributed by atoms with van der Waals surface area (Å²) in [6, 6.07) is 25.0. The number of nitrogens with zero attached hydrogens (tertiary/aromatic N) is 9. The summed E-state index contributed by atoms with van der Waals surface area (Å²) >= 11 is 5.78. The number of aryl methyl sites for hydroxylation is 1. The van der Waals surface area contributed by atoms with E-state index in [2.05, 4.69) is 133 Å². The van der Waals surface area contributed by atoms with E-state index >= 15 is 0 Å². The van der Waals surface area contributed by atoms with Crippen LogP contribution < -0.4 is 69.7 Å². The Labute approximate surface area is 667 Å². The lowest BCUT2D eigenvalue weighted by atomic mass is 10.1. The molecule has 38 heteroatoms. The van der Waals surface area contributed by atoms with Crippen LogP contribution in [0.1, 0.15) is 114 Å². The fourth-order valence-electron chi connectivity index (χ4n) is 12.0. The van der Waals surface area contributed by atoms with Crippen LogP contribution in [0.2, 0.25) is 0 Å². The molecule has 0 spiro atoms. The van der Waals surface area contributed by atoms with Gasteiger partial charge in [-0.05, 0) is 124 Å². The number of carbonyl (C=O) groups excluding carboxylic acids is 11. The number of aromatic carboxylic acids is 1. The minimum Gasteiger partial charge on any atom is -0.543 e. The maximum atomic E-state index is 14.0. The van der Waals surface area contributed by atoms with Gasteiger partial charge in [0.2, 0.25) is 47.3 Å². The van der Waals surface area contributed by atoms with Crippen LogP contribution in [0.15, 0.2) is 110 Å². The van der Waals surface area contributed by atoms with Crippen molar-refractivity contribution in [2.24, 2.45) is 5.90 Å². The Morgan fingerprint density at radius 1 is 0.553 bits per heavy atom. The fourth-order valence-corrected chi connectivity index (χ4v) is 12.2. The van der Waals surface area contributed by atoms with Crippen molar-refractivity contribution in [3.05, 3.63) is 155 Å². The minimum absolute atomic E-state index is 0.0194. The van der Waals surface area contributed by atoms with E-state index < -0.39 is 72.7 Å². The topological polar surface area (TPSA) is 487 Å². The molecule has 37 nitrogen and oxygen atoms in total. The van der Waals surface area contributed by atoms with E-state index in [0.29, 0.717) is 99.9 Å². The molecule has 2 aromatic carbocycles. The van der Waals surface area contributed by atoms with Crippen LogP contribution in [-0.4, -0.2) is 249 Å². The maximum Gasteiger partial charge on any atom is 0.347 e. The number of hydrogen-bond donors (Lipinski definition) is 14. The third-order valence-corrected chi connectivity index (χ3v) is 18.3. The summed E-state index contributed by atoms with van der Waals surface area (Å²) in [4.78, 5) is 182. The summed E-state index contributed by atoms with van der Waals surface area (Å²) in [6.07, 6.45) is 7.91. The lowest BCUT2D eigenvalue weighted by Crippen LogP contribution is -2.51. The zero-order valence-corrected chi connectivity index (χ0v) is 65.3. The molecule has 5 heterocycles. The predicted octanol–water partition coefficient (Wildman–Crippen LogP) is -0.937. The summed E-state index contributed by atoms with van der Waals surface area (Å²) in [5.41, 5.74) is 9.69. The maximum absolute atomic E-state index is 14.0. The first-order chi connectivity index (χ1) is 55.1. The first-order valence-corrected chi connectivity index (χ1v) is 38.4. The number of aromatic nitrogens is 6. The molecule has 6 aromatic rings. The number of aromatic amines is 2. The normalized spacial score (nSPS) is 13.6. The number of nitrogens with two attached hydrogens (primary N) is 1. The second-order valence-corrected chi connectivity index (χ2v) is 27.8. The van der Waals surface area contributed by atoms with Gasteiger partial charge in [0.1, 0.15) is 12.2 Å². The van der Waals surface area contributed by atoms with Crippen LogP contribution in [0.3, 0.4) is 0 Å². The highest BCUT2D eigenvalue weighted by atomic mass is 32.1. The van der Waals surface area contributed by atoms with Gasteiger partial charge in [0.25, 0.3) is 0 Å². The number of nitrogens with one attached hydrogen (secondary N) is 13. The van der Waals surface area contributed by atoms with Crippen molar-refractivity contribution in [1.29, 1.82) is 0 Å². The average Bonchev–Trinajstić information content (AvgIpc) is 1.04. The molecule has 0 saturated carbocycles.